The molecule has 0 saturated carbocycles. The number of nitrogens with one attached hydrogen (secondary N) is 1. The highest BCUT2D eigenvalue weighted by Gasteiger charge is 2.28. The zero-order valence-corrected chi connectivity index (χ0v) is 6.76. The maximum absolute atomic E-state index is 11.6. The second kappa shape index (κ2) is 3.67. The van der Waals surface area contributed by atoms with Gasteiger partial charge >= 0.3 is 6.18 Å². The summed E-state index contributed by atoms with van der Waals surface area (Å²) in [6.07, 6.45) is -4.00. The van der Waals surface area contributed by atoms with Crippen LogP contribution in [0.5, 0.6) is 0 Å². The Morgan fingerprint density at radius 1 is 1.36 bits per heavy atom. The van der Waals surface area contributed by atoms with E-state index >= 15 is 0 Å². The molecule has 1 heterocycles. The van der Waals surface area contributed by atoms with Crippen molar-refractivity contribution in [1.82, 2.24) is 5.32 Å². The Morgan fingerprint density at radius 3 is 2.36 bits per heavy atom. The van der Waals surface area contributed by atoms with Crippen LogP contribution in [0.3, 0.4) is 0 Å². The second-order valence-electron chi connectivity index (χ2n) is 2.65. The molecule has 0 unspecified atom stereocenters. The highest BCUT2D eigenvalue weighted by atomic mass is 32.2. The van der Waals surface area contributed by atoms with Gasteiger partial charge in [-0.25, -0.2) is 0 Å². The standard InChI is InChI=1S/C6H10F3NS/c7-6(8,9)4-11-3-5-1-10-2-5/h5,10H,1-4H2. The Kier molecular flexibility index (Phi) is 3.06. The quantitative estimate of drug-likeness (QED) is 0.715. The molecule has 0 aromatic heterocycles. The molecule has 11 heavy (non-hydrogen) atoms. The van der Waals surface area contributed by atoms with Gasteiger partial charge in [-0.05, 0) is 24.8 Å². The van der Waals surface area contributed by atoms with E-state index in [0.29, 0.717) is 11.7 Å². The summed E-state index contributed by atoms with van der Waals surface area (Å²) < 4.78 is 34.8. The summed E-state index contributed by atoms with van der Waals surface area (Å²) >= 11 is 0.979. The van der Waals surface area contributed by atoms with Gasteiger partial charge in [-0.3, -0.25) is 0 Å². The fraction of sp³-hybridized carbons (Fsp3) is 1.00. The maximum atomic E-state index is 11.6. The van der Waals surface area contributed by atoms with Gasteiger partial charge in [0.15, 0.2) is 0 Å². The van der Waals surface area contributed by atoms with Gasteiger partial charge in [0.25, 0.3) is 0 Å². The Hall–Kier alpha value is 0.1000. The van der Waals surface area contributed by atoms with Gasteiger partial charge in [0.05, 0.1) is 5.75 Å². The fourth-order valence-corrected chi connectivity index (χ4v) is 1.73. The molecule has 0 amide bonds. The Bertz CT molecular complexity index is 121. The third-order valence-corrected chi connectivity index (χ3v) is 2.72. The first-order valence-electron chi connectivity index (χ1n) is 3.43. The minimum atomic E-state index is -4.00. The van der Waals surface area contributed by atoms with Gasteiger partial charge in [-0.2, -0.15) is 24.9 Å². The van der Waals surface area contributed by atoms with Crippen LogP contribution in [0, 0.1) is 5.92 Å². The van der Waals surface area contributed by atoms with Crippen LogP contribution in [0.15, 0.2) is 0 Å². The predicted octanol–water partition coefficient (Wildman–Crippen LogP) is 1.50. The lowest BCUT2D eigenvalue weighted by Gasteiger charge is -2.26. The van der Waals surface area contributed by atoms with Gasteiger partial charge in [-0.15, -0.1) is 0 Å². The molecule has 1 fully saturated rings. The van der Waals surface area contributed by atoms with Crippen LogP contribution in [0.1, 0.15) is 0 Å². The molecule has 1 rings (SSSR count). The number of halogens is 3. The molecule has 0 atom stereocenters. The van der Waals surface area contributed by atoms with Crippen LogP contribution in [0.25, 0.3) is 0 Å². The Morgan fingerprint density at radius 2 is 2.00 bits per heavy atom. The Labute approximate surface area is 67.7 Å². The van der Waals surface area contributed by atoms with E-state index in [0.717, 1.165) is 24.9 Å². The van der Waals surface area contributed by atoms with E-state index < -0.39 is 11.9 Å². The van der Waals surface area contributed by atoms with E-state index in [4.69, 9.17) is 0 Å². The van der Waals surface area contributed by atoms with Gasteiger partial charge in [-0.1, -0.05) is 0 Å². The first kappa shape index (κ1) is 9.19. The summed E-state index contributed by atoms with van der Waals surface area (Å²) in [6, 6.07) is 0. The summed E-state index contributed by atoms with van der Waals surface area (Å²) in [6.45, 7) is 1.76. The lowest BCUT2D eigenvalue weighted by Crippen LogP contribution is -2.43. The van der Waals surface area contributed by atoms with E-state index in [2.05, 4.69) is 5.32 Å². The van der Waals surface area contributed by atoms with E-state index in [1.54, 1.807) is 0 Å². The van der Waals surface area contributed by atoms with Crippen molar-refractivity contribution in [3.8, 4) is 0 Å². The topological polar surface area (TPSA) is 12.0 Å². The molecule has 0 spiro atoms. The van der Waals surface area contributed by atoms with Crippen molar-refractivity contribution in [2.24, 2.45) is 5.92 Å². The number of hydrogen-bond donors (Lipinski definition) is 1. The van der Waals surface area contributed by atoms with Crippen LogP contribution in [-0.4, -0.2) is 30.8 Å². The smallest absolute Gasteiger partial charge is 0.316 e. The molecule has 1 N–H and O–H groups in total. The third kappa shape index (κ3) is 3.86. The second-order valence-corrected chi connectivity index (χ2v) is 3.68. The first-order valence-corrected chi connectivity index (χ1v) is 4.58. The lowest BCUT2D eigenvalue weighted by molar-refractivity contribution is -0.105. The van der Waals surface area contributed by atoms with E-state index in [1.165, 1.54) is 0 Å². The monoisotopic (exact) mass is 185 g/mol. The molecule has 0 aromatic rings. The average Bonchev–Trinajstić information content (AvgIpc) is 1.73. The van der Waals surface area contributed by atoms with Crippen molar-refractivity contribution < 1.29 is 13.2 Å². The summed E-state index contributed by atoms with van der Waals surface area (Å²) in [7, 11) is 0. The molecule has 0 aliphatic carbocycles. The molecular formula is C6H10F3NS. The summed E-state index contributed by atoms with van der Waals surface area (Å²) in [5, 5.41) is 3.01. The predicted molar refractivity (Wildman–Crippen MR) is 39.7 cm³/mol. The van der Waals surface area contributed by atoms with Crippen LogP contribution >= 0.6 is 11.8 Å². The minimum Gasteiger partial charge on any atom is -0.316 e. The molecule has 0 radical (unpaired) electrons. The van der Waals surface area contributed by atoms with Crippen molar-refractivity contribution in [1.29, 1.82) is 0 Å². The molecule has 5 heteroatoms. The van der Waals surface area contributed by atoms with Crippen molar-refractivity contribution in [3.05, 3.63) is 0 Å². The molecular weight excluding hydrogens is 175 g/mol. The number of thioether (sulfide) groups is 1. The van der Waals surface area contributed by atoms with E-state index in [-0.39, 0.29) is 0 Å². The summed E-state index contributed by atoms with van der Waals surface area (Å²) in [5.74, 6) is 0.387. The zero-order chi connectivity index (χ0) is 8.32. The van der Waals surface area contributed by atoms with Crippen molar-refractivity contribution in [2.45, 2.75) is 6.18 Å². The Balaban J connectivity index is 1.95. The van der Waals surface area contributed by atoms with E-state index in [1.807, 2.05) is 0 Å². The highest BCUT2D eigenvalue weighted by Crippen LogP contribution is 2.23. The molecule has 0 aromatic carbocycles. The minimum absolute atomic E-state index is 0.461. The van der Waals surface area contributed by atoms with Crippen molar-refractivity contribution in [3.63, 3.8) is 0 Å². The SMILES string of the molecule is FC(F)(F)CSCC1CNC1. The summed E-state index contributed by atoms with van der Waals surface area (Å²) in [5.41, 5.74) is 0. The average molecular weight is 185 g/mol. The van der Waals surface area contributed by atoms with Crippen molar-refractivity contribution in [2.75, 3.05) is 24.6 Å². The molecule has 1 aliphatic rings. The molecule has 1 aliphatic heterocycles. The van der Waals surface area contributed by atoms with Gasteiger partial charge < -0.3 is 5.32 Å². The highest BCUT2D eigenvalue weighted by molar-refractivity contribution is 7.99. The normalized spacial score (nSPS) is 19.9. The van der Waals surface area contributed by atoms with Crippen LogP contribution in [-0.2, 0) is 0 Å². The molecule has 0 bridgehead atoms. The summed E-state index contributed by atoms with van der Waals surface area (Å²) in [4.78, 5) is 0. The van der Waals surface area contributed by atoms with Crippen LogP contribution in [0.4, 0.5) is 13.2 Å². The van der Waals surface area contributed by atoms with Gasteiger partial charge in [0.1, 0.15) is 0 Å². The van der Waals surface area contributed by atoms with E-state index in [9.17, 15) is 13.2 Å². The van der Waals surface area contributed by atoms with Crippen LogP contribution in [0.2, 0.25) is 0 Å². The molecule has 1 nitrogen and oxygen atoms in total. The number of alkyl halides is 3. The fourth-order valence-electron chi connectivity index (χ4n) is 0.808. The lowest BCUT2D eigenvalue weighted by atomic mass is 10.1. The number of rotatable bonds is 3. The van der Waals surface area contributed by atoms with Gasteiger partial charge in [0.2, 0.25) is 0 Å². The molecule has 66 valence electrons. The van der Waals surface area contributed by atoms with Gasteiger partial charge in [0, 0.05) is 0 Å². The number of hydrogen-bond acceptors (Lipinski definition) is 2. The van der Waals surface area contributed by atoms with Crippen molar-refractivity contribution >= 4 is 11.8 Å². The maximum Gasteiger partial charge on any atom is 0.397 e. The largest absolute Gasteiger partial charge is 0.397 e. The zero-order valence-electron chi connectivity index (χ0n) is 5.95. The molecule has 1 saturated heterocycles. The van der Waals surface area contributed by atoms with Crippen LogP contribution < -0.4 is 5.32 Å². The third-order valence-electron chi connectivity index (χ3n) is 1.49. The first-order chi connectivity index (χ1) is 5.08.